The molecule has 0 saturated heterocycles. The van der Waals surface area contributed by atoms with Crippen molar-refractivity contribution in [2.24, 2.45) is 0 Å². The SMILES string of the molecule is CCC(C)(O)C(=O)c1ccc(-c2ccc([N+](=O)[O-])cc2)cc1. The Kier molecular flexibility index (Phi) is 4.37. The summed E-state index contributed by atoms with van der Waals surface area (Å²) in [6.45, 7) is 3.25. The Labute approximate surface area is 128 Å². The topological polar surface area (TPSA) is 80.4 Å². The number of rotatable bonds is 5. The van der Waals surface area contributed by atoms with Crippen LogP contribution in [-0.4, -0.2) is 21.4 Å². The van der Waals surface area contributed by atoms with Gasteiger partial charge in [-0.3, -0.25) is 14.9 Å². The Hall–Kier alpha value is -2.53. The average Bonchev–Trinajstić information content (AvgIpc) is 2.54. The molecule has 0 radical (unpaired) electrons. The molecule has 2 aromatic carbocycles. The Morgan fingerprint density at radius 1 is 1.09 bits per heavy atom. The van der Waals surface area contributed by atoms with Crippen LogP contribution in [0.15, 0.2) is 48.5 Å². The van der Waals surface area contributed by atoms with Gasteiger partial charge in [-0.1, -0.05) is 31.2 Å². The average molecular weight is 299 g/mol. The van der Waals surface area contributed by atoms with E-state index in [4.69, 9.17) is 0 Å². The third-order valence-electron chi connectivity index (χ3n) is 3.74. The lowest BCUT2D eigenvalue weighted by molar-refractivity contribution is -0.384. The fourth-order valence-corrected chi connectivity index (χ4v) is 2.06. The molecule has 2 rings (SSSR count). The van der Waals surface area contributed by atoms with Gasteiger partial charge in [-0.15, -0.1) is 0 Å². The standard InChI is InChI=1S/C17H17NO4/c1-3-17(2,20)16(19)14-6-4-12(5-7-14)13-8-10-15(11-9-13)18(21)22/h4-11,20H,3H2,1-2H3. The number of nitro benzene ring substituents is 1. The molecule has 5 nitrogen and oxygen atoms in total. The molecule has 2 aromatic rings. The largest absolute Gasteiger partial charge is 0.382 e. The van der Waals surface area contributed by atoms with Gasteiger partial charge in [0.05, 0.1) is 4.92 Å². The van der Waals surface area contributed by atoms with Crippen molar-refractivity contribution in [1.82, 2.24) is 0 Å². The smallest absolute Gasteiger partial charge is 0.269 e. The maximum atomic E-state index is 12.1. The number of nitro groups is 1. The van der Waals surface area contributed by atoms with Crippen molar-refractivity contribution in [3.8, 4) is 11.1 Å². The van der Waals surface area contributed by atoms with E-state index in [1.807, 2.05) is 0 Å². The normalized spacial score (nSPS) is 13.4. The summed E-state index contributed by atoms with van der Waals surface area (Å²) in [4.78, 5) is 22.3. The van der Waals surface area contributed by atoms with Crippen molar-refractivity contribution in [3.05, 3.63) is 64.2 Å². The number of benzene rings is 2. The van der Waals surface area contributed by atoms with Crippen LogP contribution in [0.3, 0.4) is 0 Å². The molecule has 0 aliphatic heterocycles. The van der Waals surface area contributed by atoms with Crippen molar-refractivity contribution >= 4 is 11.5 Å². The fourth-order valence-electron chi connectivity index (χ4n) is 2.06. The number of carbonyl (C=O) groups is 1. The van der Waals surface area contributed by atoms with Gasteiger partial charge in [0.15, 0.2) is 5.78 Å². The first kappa shape index (κ1) is 15.9. The summed E-state index contributed by atoms with van der Waals surface area (Å²) in [5, 5.41) is 20.6. The van der Waals surface area contributed by atoms with E-state index in [-0.39, 0.29) is 11.5 Å². The molecule has 1 N–H and O–H groups in total. The molecule has 0 aliphatic carbocycles. The lowest BCUT2D eigenvalue weighted by Gasteiger charge is -2.19. The molecule has 5 heteroatoms. The number of aliphatic hydroxyl groups is 1. The lowest BCUT2D eigenvalue weighted by atomic mass is 9.91. The highest BCUT2D eigenvalue weighted by Gasteiger charge is 2.28. The minimum Gasteiger partial charge on any atom is -0.382 e. The highest BCUT2D eigenvalue weighted by Crippen LogP contribution is 2.24. The predicted molar refractivity (Wildman–Crippen MR) is 83.8 cm³/mol. The van der Waals surface area contributed by atoms with Crippen LogP contribution in [0, 0.1) is 10.1 Å². The van der Waals surface area contributed by atoms with Gasteiger partial charge in [-0.05, 0) is 36.6 Å². The van der Waals surface area contributed by atoms with Crippen LogP contribution in [0.5, 0.6) is 0 Å². The molecule has 0 aromatic heterocycles. The summed E-state index contributed by atoms with van der Waals surface area (Å²) in [7, 11) is 0. The van der Waals surface area contributed by atoms with Gasteiger partial charge in [0.1, 0.15) is 5.60 Å². The minimum atomic E-state index is -1.37. The third-order valence-corrected chi connectivity index (χ3v) is 3.74. The van der Waals surface area contributed by atoms with Gasteiger partial charge in [0, 0.05) is 17.7 Å². The number of hydrogen-bond acceptors (Lipinski definition) is 4. The molecule has 0 aliphatic rings. The molecule has 1 atom stereocenters. The number of nitrogens with zero attached hydrogens (tertiary/aromatic N) is 1. The van der Waals surface area contributed by atoms with Gasteiger partial charge >= 0.3 is 0 Å². The van der Waals surface area contributed by atoms with E-state index in [9.17, 15) is 20.0 Å². The van der Waals surface area contributed by atoms with Crippen molar-refractivity contribution < 1.29 is 14.8 Å². The van der Waals surface area contributed by atoms with Crippen molar-refractivity contribution in [3.63, 3.8) is 0 Å². The van der Waals surface area contributed by atoms with Gasteiger partial charge in [0.2, 0.25) is 0 Å². The van der Waals surface area contributed by atoms with Crippen LogP contribution in [0.4, 0.5) is 5.69 Å². The Bertz CT molecular complexity index is 688. The van der Waals surface area contributed by atoms with Gasteiger partial charge < -0.3 is 5.11 Å². The monoisotopic (exact) mass is 299 g/mol. The van der Waals surface area contributed by atoms with E-state index in [1.165, 1.54) is 19.1 Å². The molecule has 114 valence electrons. The highest BCUT2D eigenvalue weighted by molar-refractivity contribution is 6.02. The van der Waals surface area contributed by atoms with Crippen molar-refractivity contribution in [2.75, 3.05) is 0 Å². The number of non-ortho nitro benzene ring substituents is 1. The predicted octanol–water partition coefficient (Wildman–Crippen LogP) is 3.61. The second kappa shape index (κ2) is 6.07. The Morgan fingerprint density at radius 3 is 1.95 bits per heavy atom. The lowest BCUT2D eigenvalue weighted by Crippen LogP contribution is -2.34. The van der Waals surface area contributed by atoms with Crippen molar-refractivity contribution in [1.29, 1.82) is 0 Å². The summed E-state index contributed by atoms with van der Waals surface area (Å²) >= 11 is 0. The van der Waals surface area contributed by atoms with E-state index in [0.717, 1.165) is 11.1 Å². The molecule has 1 unspecified atom stereocenters. The number of carbonyl (C=O) groups excluding carboxylic acids is 1. The highest BCUT2D eigenvalue weighted by atomic mass is 16.6. The van der Waals surface area contributed by atoms with Gasteiger partial charge in [-0.25, -0.2) is 0 Å². The van der Waals surface area contributed by atoms with Gasteiger partial charge in [-0.2, -0.15) is 0 Å². The van der Waals surface area contributed by atoms with E-state index in [1.54, 1.807) is 43.3 Å². The summed E-state index contributed by atoms with van der Waals surface area (Å²) < 4.78 is 0. The van der Waals surface area contributed by atoms with Crippen LogP contribution in [0.1, 0.15) is 30.6 Å². The quantitative estimate of drug-likeness (QED) is 0.519. The van der Waals surface area contributed by atoms with Crippen LogP contribution in [-0.2, 0) is 0 Å². The van der Waals surface area contributed by atoms with Crippen LogP contribution in [0.2, 0.25) is 0 Å². The number of ketones is 1. The van der Waals surface area contributed by atoms with E-state index in [0.29, 0.717) is 12.0 Å². The summed E-state index contributed by atoms with van der Waals surface area (Å²) in [6, 6.07) is 13.0. The molecule has 0 amide bonds. The first-order chi connectivity index (χ1) is 10.3. The first-order valence-corrected chi connectivity index (χ1v) is 6.97. The van der Waals surface area contributed by atoms with Crippen molar-refractivity contribution in [2.45, 2.75) is 25.9 Å². The summed E-state index contributed by atoms with van der Waals surface area (Å²) in [5.74, 6) is -0.315. The second-order valence-corrected chi connectivity index (χ2v) is 5.34. The molecule has 0 fully saturated rings. The Balaban J connectivity index is 2.25. The summed E-state index contributed by atoms with van der Waals surface area (Å²) in [6.07, 6.45) is 0.343. The van der Waals surface area contributed by atoms with E-state index >= 15 is 0 Å². The summed E-state index contributed by atoms with van der Waals surface area (Å²) in [5.41, 5.74) is 0.788. The molecular weight excluding hydrogens is 282 g/mol. The first-order valence-electron chi connectivity index (χ1n) is 6.97. The molecule has 22 heavy (non-hydrogen) atoms. The number of Topliss-reactive ketones (excluding diaryl/α,β-unsaturated/α-hetero) is 1. The molecule has 0 spiro atoms. The maximum Gasteiger partial charge on any atom is 0.269 e. The second-order valence-electron chi connectivity index (χ2n) is 5.34. The maximum absolute atomic E-state index is 12.1. The zero-order valence-corrected chi connectivity index (χ0v) is 12.4. The zero-order valence-electron chi connectivity index (χ0n) is 12.4. The molecule has 0 saturated carbocycles. The van der Waals surface area contributed by atoms with Gasteiger partial charge in [0.25, 0.3) is 5.69 Å². The Morgan fingerprint density at radius 2 is 1.55 bits per heavy atom. The molecule has 0 heterocycles. The fraction of sp³-hybridized carbons (Fsp3) is 0.235. The molecule has 0 bridgehead atoms. The van der Waals surface area contributed by atoms with E-state index in [2.05, 4.69) is 0 Å². The van der Waals surface area contributed by atoms with E-state index < -0.39 is 10.5 Å². The van der Waals surface area contributed by atoms with Crippen LogP contribution < -0.4 is 0 Å². The third kappa shape index (κ3) is 3.20. The minimum absolute atomic E-state index is 0.0366. The number of hydrogen-bond donors (Lipinski definition) is 1. The molecular formula is C17H17NO4. The zero-order chi connectivity index (χ0) is 16.3. The van der Waals surface area contributed by atoms with Crippen LogP contribution >= 0.6 is 0 Å². The van der Waals surface area contributed by atoms with Crippen LogP contribution in [0.25, 0.3) is 11.1 Å².